The Morgan fingerprint density at radius 2 is 1.94 bits per heavy atom. The molecule has 1 aliphatic carbocycles. The van der Waals surface area contributed by atoms with Crippen LogP contribution in [0, 0.1) is 11.7 Å². The van der Waals surface area contributed by atoms with E-state index in [2.05, 4.69) is 17.1 Å². The molecular weight excluding hydrogens is 227 g/mol. The second-order valence-electron chi connectivity index (χ2n) is 4.84. The SMILES string of the molecule is NC(c1ccc(F)cn1)C1CC1c1ccccc1. The van der Waals surface area contributed by atoms with Crippen LogP contribution in [-0.2, 0) is 0 Å². The summed E-state index contributed by atoms with van der Waals surface area (Å²) >= 11 is 0. The molecule has 1 aliphatic rings. The van der Waals surface area contributed by atoms with Crippen molar-refractivity contribution in [2.45, 2.75) is 18.4 Å². The molecule has 3 heteroatoms. The Balaban J connectivity index is 1.73. The van der Waals surface area contributed by atoms with E-state index in [0.29, 0.717) is 11.8 Å². The topological polar surface area (TPSA) is 38.9 Å². The van der Waals surface area contributed by atoms with E-state index in [4.69, 9.17) is 5.73 Å². The highest BCUT2D eigenvalue weighted by molar-refractivity contribution is 5.28. The minimum absolute atomic E-state index is 0.101. The van der Waals surface area contributed by atoms with Gasteiger partial charge in [0, 0.05) is 0 Å². The first kappa shape index (κ1) is 11.4. The number of halogens is 1. The van der Waals surface area contributed by atoms with Gasteiger partial charge in [-0.15, -0.1) is 0 Å². The molecule has 2 nitrogen and oxygen atoms in total. The van der Waals surface area contributed by atoms with E-state index in [1.54, 1.807) is 6.07 Å². The summed E-state index contributed by atoms with van der Waals surface area (Å²) in [7, 11) is 0. The summed E-state index contributed by atoms with van der Waals surface area (Å²) in [6.07, 6.45) is 2.32. The van der Waals surface area contributed by atoms with Crippen molar-refractivity contribution in [1.82, 2.24) is 4.98 Å². The van der Waals surface area contributed by atoms with Crippen LogP contribution in [0.15, 0.2) is 48.7 Å². The quantitative estimate of drug-likeness (QED) is 0.898. The molecule has 1 heterocycles. The second kappa shape index (κ2) is 4.50. The highest BCUT2D eigenvalue weighted by atomic mass is 19.1. The first-order chi connectivity index (χ1) is 8.75. The number of pyridine rings is 1. The smallest absolute Gasteiger partial charge is 0.141 e. The van der Waals surface area contributed by atoms with Gasteiger partial charge in [0.15, 0.2) is 0 Å². The fourth-order valence-electron chi connectivity index (χ4n) is 2.50. The van der Waals surface area contributed by atoms with Crippen LogP contribution in [-0.4, -0.2) is 4.98 Å². The molecule has 18 heavy (non-hydrogen) atoms. The monoisotopic (exact) mass is 242 g/mol. The number of aromatic nitrogens is 1. The summed E-state index contributed by atoms with van der Waals surface area (Å²) in [5.41, 5.74) is 8.30. The van der Waals surface area contributed by atoms with Crippen molar-refractivity contribution in [3.05, 3.63) is 65.7 Å². The van der Waals surface area contributed by atoms with Gasteiger partial charge in [-0.3, -0.25) is 4.98 Å². The zero-order valence-electron chi connectivity index (χ0n) is 9.96. The first-order valence-corrected chi connectivity index (χ1v) is 6.17. The molecule has 2 N–H and O–H groups in total. The van der Waals surface area contributed by atoms with Crippen LogP contribution in [0.2, 0.25) is 0 Å². The lowest BCUT2D eigenvalue weighted by Crippen LogP contribution is -2.15. The summed E-state index contributed by atoms with van der Waals surface area (Å²) in [5.74, 6) is 0.625. The number of hydrogen-bond donors (Lipinski definition) is 1. The van der Waals surface area contributed by atoms with Crippen molar-refractivity contribution in [3.8, 4) is 0 Å². The molecule has 1 saturated carbocycles. The van der Waals surface area contributed by atoms with Crippen LogP contribution < -0.4 is 5.73 Å². The van der Waals surface area contributed by atoms with Crippen molar-refractivity contribution in [2.24, 2.45) is 11.7 Å². The second-order valence-corrected chi connectivity index (χ2v) is 4.84. The van der Waals surface area contributed by atoms with Gasteiger partial charge in [0.1, 0.15) is 5.82 Å². The minimum atomic E-state index is -0.318. The van der Waals surface area contributed by atoms with Gasteiger partial charge >= 0.3 is 0 Å². The average molecular weight is 242 g/mol. The van der Waals surface area contributed by atoms with Gasteiger partial charge in [-0.1, -0.05) is 30.3 Å². The Bertz CT molecular complexity index is 524. The maximum atomic E-state index is 12.8. The molecule has 3 unspecified atom stereocenters. The highest BCUT2D eigenvalue weighted by Crippen LogP contribution is 2.52. The van der Waals surface area contributed by atoms with Crippen molar-refractivity contribution < 1.29 is 4.39 Å². The van der Waals surface area contributed by atoms with Gasteiger partial charge in [0.2, 0.25) is 0 Å². The van der Waals surface area contributed by atoms with Gasteiger partial charge < -0.3 is 5.73 Å². The largest absolute Gasteiger partial charge is 0.322 e. The van der Waals surface area contributed by atoms with E-state index >= 15 is 0 Å². The molecule has 0 spiro atoms. The van der Waals surface area contributed by atoms with Crippen LogP contribution in [0.25, 0.3) is 0 Å². The van der Waals surface area contributed by atoms with Gasteiger partial charge in [-0.25, -0.2) is 4.39 Å². The molecule has 0 bridgehead atoms. The molecular formula is C15H15FN2. The van der Waals surface area contributed by atoms with Crippen molar-refractivity contribution in [2.75, 3.05) is 0 Å². The van der Waals surface area contributed by atoms with Gasteiger partial charge in [0.25, 0.3) is 0 Å². The fourth-order valence-corrected chi connectivity index (χ4v) is 2.50. The Morgan fingerprint density at radius 3 is 2.61 bits per heavy atom. The van der Waals surface area contributed by atoms with Gasteiger partial charge in [0.05, 0.1) is 17.9 Å². The average Bonchev–Trinajstić information content (AvgIpc) is 3.20. The molecule has 1 aromatic carbocycles. The summed E-state index contributed by atoms with van der Waals surface area (Å²) in [6.45, 7) is 0. The zero-order chi connectivity index (χ0) is 12.5. The van der Waals surface area contributed by atoms with E-state index in [9.17, 15) is 4.39 Å². The fraction of sp³-hybridized carbons (Fsp3) is 0.267. The van der Waals surface area contributed by atoms with E-state index in [1.807, 2.05) is 18.2 Å². The lowest BCUT2D eigenvalue weighted by Gasteiger charge is -2.10. The molecule has 2 aromatic rings. The number of rotatable bonds is 3. The minimum Gasteiger partial charge on any atom is -0.322 e. The van der Waals surface area contributed by atoms with E-state index in [0.717, 1.165) is 12.1 Å². The van der Waals surface area contributed by atoms with Gasteiger partial charge in [-0.05, 0) is 36.0 Å². The molecule has 92 valence electrons. The van der Waals surface area contributed by atoms with Crippen LogP contribution in [0.3, 0.4) is 0 Å². The zero-order valence-corrected chi connectivity index (χ0v) is 9.96. The predicted molar refractivity (Wildman–Crippen MR) is 68.4 cm³/mol. The summed E-state index contributed by atoms with van der Waals surface area (Å²) in [4.78, 5) is 4.07. The molecule has 3 atom stereocenters. The number of nitrogens with zero attached hydrogens (tertiary/aromatic N) is 1. The summed E-state index contributed by atoms with van der Waals surface area (Å²) < 4.78 is 12.8. The Labute approximate surface area is 106 Å². The normalized spacial score (nSPS) is 23.7. The first-order valence-electron chi connectivity index (χ1n) is 6.17. The molecule has 1 aromatic heterocycles. The maximum Gasteiger partial charge on any atom is 0.141 e. The molecule has 0 amide bonds. The molecule has 3 rings (SSSR count). The molecule has 0 saturated heterocycles. The third-order valence-corrected chi connectivity index (χ3v) is 3.62. The number of nitrogens with two attached hydrogens (primary N) is 1. The standard InChI is InChI=1S/C15H15FN2/c16-11-6-7-14(18-9-11)15(17)13-8-12(13)10-4-2-1-3-5-10/h1-7,9,12-13,15H,8,17H2. The molecule has 0 radical (unpaired) electrons. The lowest BCUT2D eigenvalue weighted by molar-refractivity contribution is 0.583. The van der Waals surface area contributed by atoms with E-state index in [-0.39, 0.29) is 11.9 Å². The third-order valence-electron chi connectivity index (χ3n) is 3.62. The van der Waals surface area contributed by atoms with Crippen LogP contribution >= 0.6 is 0 Å². The molecule has 1 fully saturated rings. The summed E-state index contributed by atoms with van der Waals surface area (Å²) in [6, 6.07) is 13.4. The van der Waals surface area contributed by atoms with Crippen LogP contribution in [0.4, 0.5) is 4.39 Å². The van der Waals surface area contributed by atoms with Crippen LogP contribution in [0.1, 0.15) is 29.6 Å². The van der Waals surface area contributed by atoms with Crippen molar-refractivity contribution in [3.63, 3.8) is 0 Å². The van der Waals surface area contributed by atoms with Crippen molar-refractivity contribution in [1.29, 1.82) is 0 Å². The lowest BCUT2D eigenvalue weighted by atomic mass is 10.0. The number of hydrogen-bond acceptors (Lipinski definition) is 2. The van der Waals surface area contributed by atoms with E-state index in [1.165, 1.54) is 17.8 Å². The predicted octanol–water partition coefficient (Wildman–Crippen LogP) is 3.02. The Morgan fingerprint density at radius 1 is 1.17 bits per heavy atom. The molecule has 0 aliphatic heterocycles. The number of benzene rings is 1. The van der Waals surface area contributed by atoms with E-state index < -0.39 is 0 Å². The third kappa shape index (κ3) is 2.14. The van der Waals surface area contributed by atoms with Crippen molar-refractivity contribution >= 4 is 0 Å². The Kier molecular flexibility index (Phi) is 2.84. The Hall–Kier alpha value is -1.74. The summed E-state index contributed by atoms with van der Waals surface area (Å²) in [5, 5.41) is 0. The van der Waals surface area contributed by atoms with Crippen LogP contribution in [0.5, 0.6) is 0 Å². The highest BCUT2D eigenvalue weighted by Gasteiger charge is 2.43. The maximum absolute atomic E-state index is 12.8. The van der Waals surface area contributed by atoms with Gasteiger partial charge in [-0.2, -0.15) is 0 Å².